The van der Waals surface area contributed by atoms with Crippen LogP contribution in [0.5, 0.6) is 0 Å². The molecule has 14 nitrogen and oxygen atoms in total. The fourth-order valence-electron chi connectivity index (χ4n) is 3.03. The Balaban J connectivity index is 0.000000226. The summed E-state index contributed by atoms with van der Waals surface area (Å²) in [5.74, 6) is -1.10. The number of aliphatic hydroxyl groups is 1. The highest BCUT2D eigenvalue weighted by atomic mass is 16.5. The number of carbonyl (C=O) groups is 4. The molecular weight excluding hydrogens is 540 g/mol. The molecule has 0 saturated carbocycles. The molecule has 4 rings (SSSR count). The number of aromatic amines is 1. The van der Waals surface area contributed by atoms with E-state index in [0.29, 0.717) is 53.0 Å². The fraction of sp³-hybridized carbons (Fsp3) is 0.259. The molecule has 0 atom stereocenters. The fourth-order valence-corrected chi connectivity index (χ4v) is 3.03. The van der Waals surface area contributed by atoms with Gasteiger partial charge in [0.25, 0.3) is 0 Å². The summed E-state index contributed by atoms with van der Waals surface area (Å²) in [5.41, 5.74) is 11.0. The summed E-state index contributed by atoms with van der Waals surface area (Å²) >= 11 is 0. The second kappa shape index (κ2) is 17.3. The van der Waals surface area contributed by atoms with E-state index in [4.69, 9.17) is 28.9 Å². The van der Waals surface area contributed by atoms with Crippen LogP contribution in [-0.4, -0.2) is 54.0 Å². The molecule has 216 valence electrons. The maximum atomic E-state index is 11.6. The largest absolute Gasteiger partial charge is 0.466 e. The Kier molecular flexibility index (Phi) is 13.5. The number of aldehydes is 1. The highest BCUT2D eigenvalue weighted by molar-refractivity contribution is 5.94. The number of rotatable bonds is 10. The molecule has 0 aliphatic heterocycles. The van der Waals surface area contributed by atoms with E-state index < -0.39 is 17.9 Å². The average molecular weight is 569 g/mol. The first kappa shape index (κ1) is 31.9. The summed E-state index contributed by atoms with van der Waals surface area (Å²) in [6.45, 7) is 3.81. The third-order valence-corrected chi connectivity index (χ3v) is 4.83. The van der Waals surface area contributed by atoms with Crippen LogP contribution < -0.4 is 0 Å². The number of esters is 3. The van der Waals surface area contributed by atoms with Gasteiger partial charge < -0.3 is 33.1 Å². The number of aromatic nitrogens is 1. The molecule has 1 aromatic carbocycles. The lowest BCUT2D eigenvalue weighted by Gasteiger charge is -2.02. The second-order valence-corrected chi connectivity index (χ2v) is 7.67. The van der Waals surface area contributed by atoms with Crippen molar-refractivity contribution in [1.82, 2.24) is 4.98 Å². The van der Waals surface area contributed by atoms with E-state index in [9.17, 15) is 19.2 Å². The number of nitrogens with one attached hydrogen (secondary N) is 1. The number of ether oxygens (including phenoxy) is 3. The predicted octanol–water partition coefficient (Wildman–Crippen LogP) is 4.74. The van der Waals surface area contributed by atoms with Crippen molar-refractivity contribution in [2.24, 2.45) is 5.11 Å². The van der Waals surface area contributed by atoms with Crippen LogP contribution in [0.2, 0.25) is 0 Å². The Bertz CT molecular complexity index is 1470. The Morgan fingerprint density at radius 3 is 2.37 bits per heavy atom. The van der Waals surface area contributed by atoms with Crippen LogP contribution in [0.25, 0.3) is 21.5 Å². The first-order valence-corrected chi connectivity index (χ1v) is 12.1. The van der Waals surface area contributed by atoms with Crippen molar-refractivity contribution in [2.75, 3.05) is 19.8 Å². The average Bonchev–Trinajstić information content (AvgIpc) is 3.72. The van der Waals surface area contributed by atoms with Gasteiger partial charge in [-0.3, -0.25) is 9.59 Å². The van der Waals surface area contributed by atoms with Crippen LogP contribution in [0.3, 0.4) is 0 Å². The third kappa shape index (κ3) is 10.4. The summed E-state index contributed by atoms with van der Waals surface area (Å²) in [7, 11) is 0. The number of azide groups is 1. The molecule has 0 bridgehead atoms. The number of furan rings is 2. The van der Waals surface area contributed by atoms with E-state index in [0.717, 1.165) is 0 Å². The van der Waals surface area contributed by atoms with E-state index in [1.54, 1.807) is 44.2 Å². The van der Waals surface area contributed by atoms with E-state index in [1.807, 2.05) is 6.07 Å². The zero-order valence-electron chi connectivity index (χ0n) is 22.3. The van der Waals surface area contributed by atoms with E-state index in [2.05, 4.69) is 19.7 Å². The minimum atomic E-state index is -0.490. The van der Waals surface area contributed by atoms with Gasteiger partial charge in [0.1, 0.15) is 18.8 Å². The molecule has 0 amide bonds. The quantitative estimate of drug-likeness (QED) is 0.0670. The number of carbonyl (C=O) groups excluding carboxylic acids is 4. The maximum Gasteiger partial charge on any atom is 0.354 e. The van der Waals surface area contributed by atoms with Crippen molar-refractivity contribution in [3.8, 4) is 0 Å². The summed E-state index contributed by atoms with van der Waals surface area (Å²) in [5, 5.41) is 12.0. The summed E-state index contributed by atoms with van der Waals surface area (Å²) < 4.78 is 24.4. The molecule has 14 heteroatoms. The van der Waals surface area contributed by atoms with Crippen LogP contribution in [0.4, 0.5) is 0 Å². The molecule has 0 fully saturated rings. The maximum absolute atomic E-state index is 11.6. The topological polar surface area (TPSA) is 207 Å². The van der Waals surface area contributed by atoms with Crippen molar-refractivity contribution in [1.29, 1.82) is 0 Å². The minimum absolute atomic E-state index is 0.0884. The van der Waals surface area contributed by atoms with Gasteiger partial charge in [-0.15, -0.1) is 0 Å². The Morgan fingerprint density at radius 1 is 1.02 bits per heavy atom. The predicted molar refractivity (Wildman–Crippen MR) is 143 cm³/mol. The molecule has 0 aliphatic carbocycles. The summed E-state index contributed by atoms with van der Waals surface area (Å²) in [6.07, 6.45) is 3.45. The molecule has 0 saturated heterocycles. The SMILES string of the molecule is CCOC(=O)CN=[N+]=[N-].CCOC(=O)c1cc2occ(CO)c2[nH]1.O=Cc1cc(COC(=O)c2ccccc2)co1. The second-order valence-electron chi connectivity index (χ2n) is 7.67. The first-order valence-electron chi connectivity index (χ1n) is 12.1. The van der Waals surface area contributed by atoms with Crippen LogP contribution in [0, 0.1) is 0 Å². The van der Waals surface area contributed by atoms with Gasteiger partial charge in [-0.1, -0.05) is 23.3 Å². The normalized spacial score (nSPS) is 9.73. The van der Waals surface area contributed by atoms with Gasteiger partial charge in [0.05, 0.1) is 43.4 Å². The lowest BCUT2D eigenvalue weighted by atomic mass is 10.2. The molecule has 4 aromatic rings. The minimum Gasteiger partial charge on any atom is -0.466 e. The van der Waals surface area contributed by atoms with Crippen LogP contribution in [0.15, 0.2) is 68.9 Å². The lowest BCUT2D eigenvalue weighted by molar-refractivity contribution is -0.141. The molecule has 3 heterocycles. The van der Waals surface area contributed by atoms with Crippen LogP contribution >= 0.6 is 0 Å². The van der Waals surface area contributed by atoms with Gasteiger partial charge in [-0.05, 0) is 37.6 Å². The molecule has 0 unspecified atom stereocenters. The van der Waals surface area contributed by atoms with Crippen LogP contribution in [-0.2, 0) is 32.2 Å². The number of H-pyrrole nitrogens is 1. The van der Waals surface area contributed by atoms with Crippen molar-refractivity contribution >= 4 is 35.3 Å². The number of fused-ring (bicyclic) bond motifs is 1. The van der Waals surface area contributed by atoms with Crippen molar-refractivity contribution < 1.29 is 47.3 Å². The number of hydrogen-bond acceptors (Lipinski definition) is 11. The molecular formula is C27H28N4O10. The number of aliphatic hydroxyl groups excluding tert-OH is 1. The molecule has 0 aliphatic rings. The van der Waals surface area contributed by atoms with E-state index in [-0.39, 0.29) is 25.5 Å². The monoisotopic (exact) mass is 568 g/mol. The molecule has 41 heavy (non-hydrogen) atoms. The van der Waals surface area contributed by atoms with Crippen molar-refractivity contribution in [2.45, 2.75) is 27.1 Å². The number of benzene rings is 1. The standard InChI is InChI=1S/C13H10O4.C10H11NO4.C4H7N3O2/c14-7-12-6-10(8-16-12)9-17-13(15)11-4-2-1-3-5-11;1-2-14-10(13)7-3-8-9(11-7)6(4-12)5-15-8;1-2-9-4(8)3-6-7-5/h1-8H,9H2;3,5,11-12H,2,4H2,1H3;2-3H2,1H3. The van der Waals surface area contributed by atoms with Gasteiger partial charge >= 0.3 is 17.9 Å². The highest BCUT2D eigenvalue weighted by Gasteiger charge is 2.14. The van der Waals surface area contributed by atoms with Crippen molar-refractivity contribution in [3.63, 3.8) is 0 Å². The molecule has 2 N–H and O–H groups in total. The van der Waals surface area contributed by atoms with Gasteiger partial charge in [0.15, 0.2) is 17.6 Å². The Labute approximate surface area is 233 Å². The molecule has 3 aromatic heterocycles. The number of nitrogens with zero attached hydrogens (tertiary/aromatic N) is 3. The van der Waals surface area contributed by atoms with E-state index >= 15 is 0 Å². The smallest absolute Gasteiger partial charge is 0.354 e. The first-order chi connectivity index (χ1) is 19.9. The van der Waals surface area contributed by atoms with E-state index in [1.165, 1.54) is 18.6 Å². The van der Waals surface area contributed by atoms with Gasteiger partial charge in [-0.25, -0.2) is 9.59 Å². The zero-order valence-corrected chi connectivity index (χ0v) is 22.3. The van der Waals surface area contributed by atoms with Gasteiger partial charge in [0.2, 0.25) is 0 Å². The zero-order chi connectivity index (χ0) is 30.0. The number of hydrogen-bond donors (Lipinski definition) is 2. The van der Waals surface area contributed by atoms with Crippen LogP contribution in [0.1, 0.15) is 56.4 Å². The third-order valence-electron chi connectivity index (χ3n) is 4.83. The highest BCUT2D eigenvalue weighted by Crippen LogP contribution is 2.22. The summed E-state index contributed by atoms with van der Waals surface area (Å²) in [6, 6.07) is 11.8. The van der Waals surface area contributed by atoms with Gasteiger partial charge in [0, 0.05) is 22.1 Å². The Morgan fingerprint density at radius 2 is 1.76 bits per heavy atom. The Hall–Kier alpha value is -5.33. The lowest BCUT2D eigenvalue weighted by Crippen LogP contribution is -2.06. The summed E-state index contributed by atoms with van der Waals surface area (Å²) in [4.78, 5) is 48.9. The molecule has 0 spiro atoms. The van der Waals surface area contributed by atoms with Crippen molar-refractivity contribution in [3.05, 3.63) is 93.6 Å². The molecule has 0 radical (unpaired) electrons. The van der Waals surface area contributed by atoms with Gasteiger partial charge in [-0.2, -0.15) is 0 Å².